The number of halogens is 1. The lowest BCUT2D eigenvalue weighted by molar-refractivity contribution is 0.490. The molecule has 0 aliphatic rings. The molecule has 0 aliphatic heterocycles. The summed E-state index contributed by atoms with van der Waals surface area (Å²) in [4.78, 5) is 0. The van der Waals surface area contributed by atoms with E-state index in [-0.39, 0.29) is 0 Å². The van der Waals surface area contributed by atoms with Crippen LogP contribution in [0.5, 0.6) is 0 Å². The van der Waals surface area contributed by atoms with E-state index in [1.807, 2.05) is 6.20 Å². The summed E-state index contributed by atoms with van der Waals surface area (Å²) in [6, 6.07) is 10.9. The Kier molecular flexibility index (Phi) is 5.16. The third kappa shape index (κ3) is 3.67. The third-order valence-corrected chi connectivity index (χ3v) is 3.68. The first-order chi connectivity index (χ1) is 9.24. The molecule has 2 rings (SSSR count). The molecule has 1 N–H and O–H groups in total. The van der Waals surface area contributed by atoms with Crippen molar-refractivity contribution in [2.45, 2.75) is 32.9 Å². The average Bonchev–Trinajstić information content (AvgIpc) is 2.86. The van der Waals surface area contributed by atoms with Crippen molar-refractivity contribution in [3.05, 3.63) is 52.3 Å². The summed E-state index contributed by atoms with van der Waals surface area (Å²) in [6.45, 7) is 6.12. The van der Waals surface area contributed by atoms with E-state index in [4.69, 9.17) is 0 Å². The maximum Gasteiger partial charge on any atom is 0.0556 e. The van der Waals surface area contributed by atoms with Gasteiger partial charge in [-0.3, -0.25) is 4.68 Å². The predicted molar refractivity (Wildman–Crippen MR) is 82.2 cm³/mol. The Labute approximate surface area is 123 Å². The summed E-state index contributed by atoms with van der Waals surface area (Å²) in [5, 5.41) is 7.92. The van der Waals surface area contributed by atoms with E-state index in [0.29, 0.717) is 6.04 Å². The molecule has 0 fully saturated rings. The van der Waals surface area contributed by atoms with Gasteiger partial charge in [-0.1, -0.05) is 35.0 Å². The highest BCUT2D eigenvalue weighted by atomic mass is 79.9. The first-order valence-electron chi connectivity index (χ1n) is 6.74. The van der Waals surface area contributed by atoms with Crippen LogP contribution in [0.25, 0.3) is 0 Å². The molecule has 1 heterocycles. The quantitative estimate of drug-likeness (QED) is 0.881. The fraction of sp³-hybridized carbons (Fsp3) is 0.400. The van der Waals surface area contributed by atoms with Crippen LogP contribution < -0.4 is 5.32 Å². The maximum atomic E-state index is 4.36. The van der Waals surface area contributed by atoms with E-state index >= 15 is 0 Å². The van der Waals surface area contributed by atoms with Crippen LogP contribution in [0.4, 0.5) is 0 Å². The molecule has 0 saturated heterocycles. The monoisotopic (exact) mass is 321 g/mol. The molecular weight excluding hydrogens is 302 g/mol. The zero-order chi connectivity index (χ0) is 13.7. The van der Waals surface area contributed by atoms with Gasteiger partial charge in [0.2, 0.25) is 0 Å². The van der Waals surface area contributed by atoms with Crippen molar-refractivity contribution in [2.75, 3.05) is 6.54 Å². The van der Waals surface area contributed by atoms with E-state index in [1.54, 1.807) is 0 Å². The molecule has 0 saturated carbocycles. The molecule has 1 unspecified atom stereocenters. The van der Waals surface area contributed by atoms with Crippen LogP contribution in [0.3, 0.4) is 0 Å². The lowest BCUT2D eigenvalue weighted by Crippen LogP contribution is -2.25. The fourth-order valence-electron chi connectivity index (χ4n) is 2.33. The number of benzene rings is 1. The molecule has 1 aromatic heterocycles. The topological polar surface area (TPSA) is 29.9 Å². The Hall–Kier alpha value is -1.13. The summed E-state index contributed by atoms with van der Waals surface area (Å²) in [6.07, 6.45) is 2.85. The molecule has 0 amide bonds. The summed E-state index contributed by atoms with van der Waals surface area (Å²) in [7, 11) is 0. The highest BCUT2D eigenvalue weighted by molar-refractivity contribution is 9.10. The molecule has 0 radical (unpaired) electrons. The SMILES string of the molecule is CCNC(Cc1cccc(Br)c1)c1ccnn1CC. The molecule has 3 nitrogen and oxygen atoms in total. The molecule has 102 valence electrons. The fourth-order valence-corrected chi connectivity index (χ4v) is 2.78. The molecule has 1 atom stereocenters. The molecule has 4 heteroatoms. The minimum absolute atomic E-state index is 0.307. The normalized spacial score (nSPS) is 12.6. The van der Waals surface area contributed by atoms with Gasteiger partial charge in [0.25, 0.3) is 0 Å². The van der Waals surface area contributed by atoms with Gasteiger partial charge in [0.1, 0.15) is 0 Å². The van der Waals surface area contributed by atoms with Gasteiger partial charge in [-0.2, -0.15) is 5.10 Å². The third-order valence-electron chi connectivity index (χ3n) is 3.19. The summed E-state index contributed by atoms with van der Waals surface area (Å²) >= 11 is 3.53. The smallest absolute Gasteiger partial charge is 0.0556 e. The van der Waals surface area contributed by atoms with Crippen molar-refractivity contribution < 1.29 is 0 Å². The second-order valence-electron chi connectivity index (χ2n) is 4.52. The average molecular weight is 322 g/mol. The number of aromatic nitrogens is 2. The van der Waals surface area contributed by atoms with Gasteiger partial charge >= 0.3 is 0 Å². The van der Waals surface area contributed by atoms with Crippen molar-refractivity contribution in [2.24, 2.45) is 0 Å². The highest BCUT2D eigenvalue weighted by Gasteiger charge is 2.15. The molecule has 1 aromatic carbocycles. The molecule has 19 heavy (non-hydrogen) atoms. The van der Waals surface area contributed by atoms with Crippen LogP contribution in [0, 0.1) is 0 Å². The van der Waals surface area contributed by atoms with Crippen LogP contribution in [0.15, 0.2) is 41.0 Å². The van der Waals surface area contributed by atoms with Crippen molar-refractivity contribution in [3.8, 4) is 0 Å². The molecule has 0 spiro atoms. The Morgan fingerprint density at radius 1 is 1.32 bits per heavy atom. The number of nitrogens with one attached hydrogen (secondary N) is 1. The molecule has 0 aliphatic carbocycles. The predicted octanol–water partition coefficient (Wildman–Crippen LogP) is 3.56. The first-order valence-corrected chi connectivity index (χ1v) is 7.53. The largest absolute Gasteiger partial charge is 0.309 e. The number of aryl methyl sites for hydroxylation is 1. The van der Waals surface area contributed by atoms with Gasteiger partial charge in [-0.05, 0) is 43.7 Å². The minimum atomic E-state index is 0.307. The zero-order valence-corrected chi connectivity index (χ0v) is 13.0. The van der Waals surface area contributed by atoms with Gasteiger partial charge in [0, 0.05) is 17.2 Å². The van der Waals surface area contributed by atoms with Crippen LogP contribution in [-0.2, 0) is 13.0 Å². The highest BCUT2D eigenvalue weighted by Crippen LogP contribution is 2.20. The van der Waals surface area contributed by atoms with E-state index in [9.17, 15) is 0 Å². The second kappa shape index (κ2) is 6.87. The number of hydrogen-bond donors (Lipinski definition) is 1. The molecular formula is C15H20BrN3. The summed E-state index contributed by atoms with van der Waals surface area (Å²) in [5.74, 6) is 0. The van der Waals surface area contributed by atoms with Gasteiger partial charge in [0.15, 0.2) is 0 Å². The lowest BCUT2D eigenvalue weighted by atomic mass is 10.0. The van der Waals surface area contributed by atoms with Crippen molar-refractivity contribution in [1.82, 2.24) is 15.1 Å². The van der Waals surface area contributed by atoms with Crippen LogP contribution in [0.1, 0.15) is 31.1 Å². The van der Waals surface area contributed by atoms with Gasteiger partial charge in [-0.25, -0.2) is 0 Å². The number of nitrogens with zero attached hydrogens (tertiary/aromatic N) is 2. The van der Waals surface area contributed by atoms with E-state index in [2.05, 4.69) is 75.2 Å². The zero-order valence-electron chi connectivity index (χ0n) is 11.4. The van der Waals surface area contributed by atoms with Crippen molar-refractivity contribution in [3.63, 3.8) is 0 Å². The second-order valence-corrected chi connectivity index (χ2v) is 5.43. The Bertz CT molecular complexity index is 522. The van der Waals surface area contributed by atoms with Crippen LogP contribution in [-0.4, -0.2) is 16.3 Å². The van der Waals surface area contributed by atoms with E-state index in [0.717, 1.165) is 24.0 Å². The van der Waals surface area contributed by atoms with Gasteiger partial charge < -0.3 is 5.32 Å². The van der Waals surface area contributed by atoms with Crippen molar-refractivity contribution >= 4 is 15.9 Å². The summed E-state index contributed by atoms with van der Waals surface area (Å²) < 4.78 is 3.19. The standard InChI is InChI=1S/C15H20BrN3/c1-3-17-14(15-8-9-18-19(15)4-2)11-12-6-5-7-13(16)10-12/h5-10,14,17H,3-4,11H2,1-2H3. The number of rotatable bonds is 6. The number of likely N-dealkylation sites (N-methyl/N-ethyl adjacent to an activating group) is 1. The van der Waals surface area contributed by atoms with Gasteiger partial charge in [0.05, 0.1) is 11.7 Å². The molecule has 2 aromatic rings. The van der Waals surface area contributed by atoms with E-state index in [1.165, 1.54) is 11.3 Å². The van der Waals surface area contributed by atoms with Gasteiger partial charge in [-0.15, -0.1) is 0 Å². The minimum Gasteiger partial charge on any atom is -0.309 e. The summed E-state index contributed by atoms with van der Waals surface area (Å²) in [5.41, 5.74) is 2.58. The Morgan fingerprint density at radius 2 is 2.16 bits per heavy atom. The first kappa shape index (κ1) is 14.3. The lowest BCUT2D eigenvalue weighted by Gasteiger charge is -2.19. The maximum absolute atomic E-state index is 4.36. The Morgan fingerprint density at radius 3 is 2.84 bits per heavy atom. The molecule has 0 bridgehead atoms. The van der Waals surface area contributed by atoms with E-state index < -0.39 is 0 Å². The Balaban J connectivity index is 2.21. The van der Waals surface area contributed by atoms with Crippen LogP contribution >= 0.6 is 15.9 Å². The van der Waals surface area contributed by atoms with Crippen LogP contribution in [0.2, 0.25) is 0 Å². The number of hydrogen-bond acceptors (Lipinski definition) is 2. The van der Waals surface area contributed by atoms with Crippen molar-refractivity contribution in [1.29, 1.82) is 0 Å².